The van der Waals surface area contributed by atoms with Gasteiger partial charge in [-0.15, -0.1) is 0 Å². The fourth-order valence-electron chi connectivity index (χ4n) is 8.93. The summed E-state index contributed by atoms with van der Waals surface area (Å²) in [6.45, 7) is 4.77. The highest BCUT2D eigenvalue weighted by Crippen LogP contribution is 2.54. The minimum Gasteiger partial charge on any atom is -0.456 e. The van der Waals surface area contributed by atoms with Crippen molar-refractivity contribution in [3.63, 3.8) is 0 Å². The minimum atomic E-state index is -0.194. The maximum atomic E-state index is 6.45. The van der Waals surface area contributed by atoms with Gasteiger partial charge in [-0.3, -0.25) is 0 Å². The highest BCUT2D eigenvalue weighted by molar-refractivity contribution is 6.23. The zero-order chi connectivity index (χ0) is 33.1. The summed E-state index contributed by atoms with van der Waals surface area (Å²) in [4.78, 5) is 0. The molecule has 0 amide bonds. The average molecular weight is 637 g/mol. The maximum Gasteiger partial charge on any atom is 0.136 e. The Bertz CT molecular complexity index is 3060. The van der Waals surface area contributed by atoms with E-state index in [4.69, 9.17) is 4.42 Å². The normalized spacial score (nSPS) is 13.6. The summed E-state index contributed by atoms with van der Waals surface area (Å²) in [6.07, 6.45) is 0. The summed E-state index contributed by atoms with van der Waals surface area (Å²) in [5.74, 6) is 0. The van der Waals surface area contributed by atoms with Crippen molar-refractivity contribution in [1.82, 2.24) is 0 Å². The molecule has 0 atom stereocenters. The Morgan fingerprint density at radius 1 is 0.360 bits per heavy atom. The van der Waals surface area contributed by atoms with Gasteiger partial charge < -0.3 is 4.42 Å². The van der Waals surface area contributed by atoms with E-state index in [1.807, 2.05) is 0 Å². The van der Waals surface area contributed by atoms with Gasteiger partial charge in [0.1, 0.15) is 11.2 Å². The van der Waals surface area contributed by atoms with E-state index in [0.29, 0.717) is 0 Å². The molecule has 234 valence electrons. The Kier molecular flexibility index (Phi) is 5.51. The Hall–Kier alpha value is -6.18. The first-order valence-electron chi connectivity index (χ1n) is 17.5. The molecule has 10 aromatic rings. The van der Waals surface area contributed by atoms with E-state index in [-0.39, 0.29) is 5.41 Å². The molecule has 11 rings (SSSR count). The second-order valence-electron chi connectivity index (χ2n) is 14.5. The first-order chi connectivity index (χ1) is 24.5. The van der Waals surface area contributed by atoms with Gasteiger partial charge in [0.2, 0.25) is 0 Å². The van der Waals surface area contributed by atoms with Gasteiger partial charge in [0, 0.05) is 16.2 Å². The van der Waals surface area contributed by atoms with Crippen LogP contribution in [0.5, 0.6) is 0 Å². The van der Waals surface area contributed by atoms with Crippen molar-refractivity contribution in [3.8, 4) is 33.4 Å². The lowest BCUT2D eigenvalue weighted by molar-refractivity contribution is 0.658. The Balaban J connectivity index is 1.29. The van der Waals surface area contributed by atoms with Crippen LogP contribution in [0.4, 0.5) is 0 Å². The number of furan rings is 1. The van der Waals surface area contributed by atoms with Gasteiger partial charge >= 0.3 is 0 Å². The number of fused-ring (bicyclic) bond motifs is 10. The van der Waals surface area contributed by atoms with E-state index >= 15 is 0 Å². The molecule has 1 aliphatic rings. The molecule has 9 aromatic carbocycles. The SMILES string of the molecule is CC1(C)c2cc3c(-c4ccc5ccccc5c4)c4ccccc4c(-c4ccc5ccccc5c4)c3cc2-c2cc3oc4ccccc4c3cc21. The molecule has 0 unspecified atom stereocenters. The van der Waals surface area contributed by atoms with Gasteiger partial charge in [-0.1, -0.05) is 129 Å². The van der Waals surface area contributed by atoms with Crippen molar-refractivity contribution in [3.05, 3.63) is 169 Å². The first kappa shape index (κ1) is 27.7. The van der Waals surface area contributed by atoms with E-state index < -0.39 is 0 Å². The van der Waals surface area contributed by atoms with Crippen LogP contribution in [0.3, 0.4) is 0 Å². The van der Waals surface area contributed by atoms with Gasteiger partial charge in [-0.2, -0.15) is 0 Å². The molecule has 1 aromatic heterocycles. The molecule has 0 spiro atoms. The number of para-hydroxylation sites is 1. The van der Waals surface area contributed by atoms with Gasteiger partial charge in [0.15, 0.2) is 0 Å². The molecule has 1 heterocycles. The zero-order valence-corrected chi connectivity index (χ0v) is 27.9. The van der Waals surface area contributed by atoms with E-state index in [1.165, 1.54) is 98.4 Å². The minimum absolute atomic E-state index is 0.194. The van der Waals surface area contributed by atoms with Crippen molar-refractivity contribution < 1.29 is 4.42 Å². The maximum absolute atomic E-state index is 6.45. The lowest BCUT2D eigenvalue weighted by atomic mass is 9.79. The highest BCUT2D eigenvalue weighted by atomic mass is 16.3. The molecule has 0 radical (unpaired) electrons. The summed E-state index contributed by atoms with van der Waals surface area (Å²) in [7, 11) is 0. The molecular formula is C49H32O. The predicted octanol–water partition coefficient (Wildman–Crippen LogP) is 13.8. The van der Waals surface area contributed by atoms with E-state index in [9.17, 15) is 0 Å². The average Bonchev–Trinajstić information content (AvgIpc) is 3.62. The van der Waals surface area contributed by atoms with Crippen molar-refractivity contribution in [2.75, 3.05) is 0 Å². The fraction of sp³-hybridized carbons (Fsp3) is 0.0612. The highest BCUT2D eigenvalue weighted by Gasteiger charge is 2.37. The van der Waals surface area contributed by atoms with Crippen LogP contribution in [0.2, 0.25) is 0 Å². The number of benzene rings is 9. The van der Waals surface area contributed by atoms with Crippen LogP contribution >= 0.6 is 0 Å². The van der Waals surface area contributed by atoms with Crippen molar-refractivity contribution in [2.45, 2.75) is 19.3 Å². The summed E-state index contributed by atoms with van der Waals surface area (Å²) in [6, 6.07) is 58.4. The topological polar surface area (TPSA) is 13.1 Å². The van der Waals surface area contributed by atoms with Gasteiger partial charge in [-0.05, 0) is 130 Å². The third-order valence-electron chi connectivity index (χ3n) is 11.4. The predicted molar refractivity (Wildman–Crippen MR) is 212 cm³/mol. The summed E-state index contributed by atoms with van der Waals surface area (Å²) < 4.78 is 6.45. The van der Waals surface area contributed by atoms with Crippen molar-refractivity contribution in [2.24, 2.45) is 0 Å². The van der Waals surface area contributed by atoms with Crippen molar-refractivity contribution >= 4 is 65.0 Å². The Morgan fingerprint density at radius 2 is 0.840 bits per heavy atom. The molecule has 0 fully saturated rings. The molecule has 0 N–H and O–H groups in total. The van der Waals surface area contributed by atoms with Crippen LogP contribution in [-0.4, -0.2) is 0 Å². The summed E-state index contributed by atoms with van der Waals surface area (Å²) in [5, 5.41) is 12.5. The standard InChI is InChI=1S/C49H32O/c1-49(2)43-26-40-35-15-9-10-18-45(35)50-46(40)28-39(43)38-25-41-42(27-44(38)49)48(34-22-20-30-12-4-6-14-32(30)24-34)37-17-8-7-16-36(37)47(41)33-21-19-29-11-3-5-13-31(29)23-33/h3-28H,1-2H3. The van der Waals surface area contributed by atoms with Crippen LogP contribution < -0.4 is 0 Å². The molecule has 0 aliphatic heterocycles. The molecule has 0 saturated heterocycles. The second-order valence-corrected chi connectivity index (χ2v) is 14.5. The fourth-order valence-corrected chi connectivity index (χ4v) is 8.93. The Labute approximate surface area is 290 Å². The van der Waals surface area contributed by atoms with Crippen molar-refractivity contribution in [1.29, 1.82) is 0 Å². The lowest BCUT2D eigenvalue weighted by Gasteiger charge is -2.24. The third kappa shape index (κ3) is 3.78. The molecule has 50 heavy (non-hydrogen) atoms. The zero-order valence-electron chi connectivity index (χ0n) is 27.9. The monoisotopic (exact) mass is 636 g/mol. The summed E-state index contributed by atoms with van der Waals surface area (Å²) in [5.41, 5.74) is 12.0. The second kappa shape index (κ2) is 9.94. The largest absolute Gasteiger partial charge is 0.456 e. The smallest absolute Gasteiger partial charge is 0.136 e. The van der Waals surface area contributed by atoms with Crippen LogP contribution in [0.25, 0.3) is 98.4 Å². The van der Waals surface area contributed by atoms with Crippen LogP contribution in [0, 0.1) is 0 Å². The summed E-state index contributed by atoms with van der Waals surface area (Å²) >= 11 is 0. The van der Waals surface area contributed by atoms with Crippen LogP contribution in [-0.2, 0) is 5.41 Å². The first-order valence-corrected chi connectivity index (χ1v) is 17.5. The number of hydrogen-bond donors (Lipinski definition) is 0. The third-order valence-corrected chi connectivity index (χ3v) is 11.4. The molecule has 1 heteroatoms. The molecule has 1 nitrogen and oxygen atoms in total. The molecule has 1 aliphatic carbocycles. The quantitative estimate of drug-likeness (QED) is 0.172. The molecule has 0 saturated carbocycles. The Morgan fingerprint density at radius 3 is 1.46 bits per heavy atom. The van der Waals surface area contributed by atoms with Crippen LogP contribution in [0.1, 0.15) is 25.0 Å². The molecule has 0 bridgehead atoms. The van der Waals surface area contributed by atoms with E-state index in [1.54, 1.807) is 0 Å². The molecular weight excluding hydrogens is 605 g/mol. The van der Waals surface area contributed by atoms with E-state index in [2.05, 4.69) is 172 Å². The number of hydrogen-bond acceptors (Lipinski definition) is 1. The van der Waals surface area contributed by atoms with Gasteiger partial charge in [0.25, 0.3) is 0 Å². The van der Waals surface area contributed by atoms with Gasteiger partial charge in [-0.25, -0.2) is 0 Å². The van der Waals surface area contributed by atoms with Gasteiger partial charge in [0.05, 0.1) is 0 Å². The lowest BCUT2D eigenvalue weighted by Crippen LogP contribution is -2.15. The van der Waals surface area contributed by atoms with E-state index in [0.717, 1.165) is 11.2 Å². The van der Waals surface area contributed by atoms with Crippen LogP contribution in [0.15, 0.2) is 162 Å². The number of rotatable bonds is 2.